The lowest BCUT2D eigenvalue weighted by atomic mass is 10.1. The number of nitro benzene ring substituents is 1. The molecule has 0 bridgehead atoms. The lowest BCUT2D eigenvalue weighted by Gasteiger charge is -2.16. The molecule has 22 heavy (non-hydrogen) atoms. The fourth-order valence-corrected chi connectivity index (χ4v) is 2.42. The number of fused-ring (bicyclic) bond motifs is 1. The predicted octanol–water partition coefficient (Wildman–Crippen LogP) is 0.637. The summed E-state index contributed by atoms with van der Waals surface area (Å²) in [6, 6.07) is 5.02. The average Bonchev–Trinajstić information content (AvgIpc) is 3.04. The van der Waals surface area contributed by atoms with Crippen molar-refractivity contribution in [2.24, 2.45) is 0 Å². The number of carbonyl (C=O) groups is 1. The number of non-ortho nitro benzene ring substituents is 1. The number of hydrogen-bond donors (Lipinski definition) is 1. The minimum Gasteiger partial charge on any atom is -0.425 e. The molecule has 0 radical (unpaired) electrons. The highest BCUT2D eigenvalue weighted by molar-refractivity contribution is 5.64. The van der Waals surface area contributed by atoms with Gasteiger partial charge in [-0.1, -0.05) is 0 Å². The monoisotopic (exact) mass is 311 g/mol. The van der Waals surface area contributed by atoms with Crippen molar-refractivity contribution < 1.29 is 33.8 Å². The largest absolute Gasteiger partial charge is 0.514 e. The molecule has 1 aromatic rings. The van der Waals surface area contributed by atoms with Gasteiger partial charge in [0.2, 0.25) is 0 Å². The zero-order valence-corrected chi connectivity index (χ0v) is 11.3. The van der Waals surface area contributed by atoms with Crippen LogP contribution < -0.4 is 4.74 Å². The summed E-state index contributed by atoms with van der Waals surface area (Å²) in [6.45, 7) is 0.244. The summed E-state index contributed by atoms with van der Waals surface area (Å²) < 4.78 is 20.7. The third-order valence-electron chi connectivity index (χ3n) is 3.48. The van der Waals surface area contributed by atoms with E-state index in [4.69, 9.17) is 18.9 Å². The van der Waals surface area contributed by atoms with Gasteiger partial charge in [0.05, 0.1) is 18.1 Å². The van der Waals surface area contributed by atoms with Crippen LogP contribution in [0.25, 0.3) is 0 Å². The summed E-state index contributed by atoms with van der Waals surface area (Å²) in [5, 5.41) is 20.1. The van der Waals surface area contributed by atoms with E-state index < -0.39 is 35.5 Å². The van der Waals surface area contributed by atoms with Crippen LogP contribution in [0.5, 0.6) is 5.75 Å². The average molecular weight is 311 g/mol. The number of hydrogen-bond acceptors (Lipinski definition) is 8. The van der Waals surface area contributed by atoms with Gasteiger partial charge in [-0.05, 0) is 12.1 Å². The summed E-state index contributed by atoms with van der Waals surface area (Å²) >= 11 is 0. The van der Waals surface area contributed by atoms with Gasteiger partial charge in [-0.2, -0.15) is 0 Å². The number of nitro groups is 1. The molecule has 2 heterocycles. The van der Waals surface area contributed by atoms with Crippen LogP contribution in [0.3, 0.4) is 0 Å². The van der Waals surface area contributed by atoms with E-state index in [9.17, 15) is 20.0 Å². The highest BCUT2D eigenvalue weighted by Gasteiger charge is 2.49. The van der Waals surface area contributed by atoms with Gasteiger partial charge in [0, 0.05) is 12.1 Å². The Kier molecular flexibility index (Phi) is 3.92. The second-order valence-corrected chi connectivity index (χ2v) is 4.92. The molecule has 0 amide bonds. The Bertz CT molecular complexity index is 574. The number of benzene rings is 1. The lowest BCUT2D eigenvalue weighted by Crippen LogP contribution is -2.34. The third kappa shape index (κ3) is 2.86. The van der Waals surface area contributed by atoms with Crippen molar-refractivity contribution in [3.05, 3.63) is 34.4 Å². The van der Waals surface area contributed by atoms with Gasteiger partial charge < -0.3 is 24.1 Å². The van der Waals surface area contributed by atoms with Gasteiger partial charge in [-0.25, -0.2) is 4.79 Å². The minimum atomic E-state index is -0.965. The van der Waals surface area contributed by atoms with Crippen molar-refractivity contribution in [1.29, 1.82) is 0 Å². The SMILES string of the molecule is O=C(Oc1ccc([N+](=O)[O-])cc1)OC1COC2C(O)COC12. The summed E-state index contributed by atoms with van der Waals surface area (Å²) in [5.74, 6) is 0.124. The van der Waals surface area contributed by atoms with Gasteiger partial charge in [0.25, 0.3) is 5.69 Å². The standard InChI is InChI=1S/C13H13NO8/c15-9-5-19-12-10(6-20-11(9)12)22-13(16)21-8-3-1-7(2-4-8)14(17)18/h1-4,9-12,15H,5-6H2. The zero-order valence-electron chi connectivity index (χ0n) is 11.3. The van der Waals surface area contributed by atoms with E-state index in [-0.39, 0.29) is 24.7 Å². The fourth-order valence-electron chi connectivity index (χ4n) is 2.42. The quantitative estimate of drug-likeness (QED) is 0.374. The molecule has 2 saturated heterocycles. The molecule has 9 nitrogen and oxygen atoms in total. The van der Waals surface area contributed by atoms with Gasteiger partial charge in [-0.15, -0.1) is 0 Å². The summed E-state index contributed by atoms with van der Waals surface area (Å²) in [7, 11) is 0. The normalized spacial score (nSPS) is 29.9. The van der Waals surface area contributed by atoms with Crippen molar-refractivity contribution in [3.63, 3.8) is 0 Å². The van der Waals surface area contributed by atoms with E-state index in [0.717, 1.165) is 0 Å². The van der Waals surface area contributed by atoms with Crippen LogP contribution in [-0.4, -0.2) is 53.8 Å². The van der Waals surface area contributed by atoms with Gasteiger partial charge >= 0.3 is 6.16 Å². The van der Waals surface area contributed by atoms with Gasteiger partial charge in [-0.3, -0.25) is 10.1 Å². The van der Waals surface area contributed by atoms with E-state index in [2.05, 4.69) is 0 Å². The number of aliphatic hydroxyl groups excluding tert-OH is 1. The fraction of sp³-hybridized carbons (Fsp3) is 0.462. The van der Waals surface area contributed by atoms with Gasteiger partial charge in [0.1, 0.15) is 24.1 Å². The van der Waals surface area contributed by atoms with Crippen LogP contribution in [0.1, 0.15) is 0 Å². The number of aliphatic hydroxyl groups is 1. The summed E-state index contributed by atoms with van der Waals surface area (Å²) in [5.41, 5.74) is -0.110. The summed E-state index contributed by atoms with van der Waals surface area (Å²) in [6.07, 6.45) is -3.37. The maximum absolute atomic E-state index is 11.7. The molecule has 1 N–H and O–H groups in total. The molecule has 3 rings (SSSR count). The Morgan fingerprint density at radius 1 is 1.23 bits per heavy atom. The van der Waals surface area contributed by atoms with Crippen LogP contribution in [0.2, 0.25) is 0 Å². The molecule has 4 unspecified atom stereocenters. The number of rotatable bonds is 3. The van der Waals surface area contributed by atoms with Crippen molar-refractivity contribution >= 4 is 11.8 Å². The molecule has 2 fully saturated rings. The second-order valence-electron chi connectivity index (χ2n) is 4.92. The molecule has 1 aromatic carbocycles. The van der Waals surface area contributed by atoms with Gasteiger partial charge in [0.15, 0.2) is 6.10 Å². The molecule has 0 spiro atoms. The first kappa shape index (κ1) is 14.7. The van der Waals surface area contributed by atoms with Crippen LogP contribution in [0, 0.1) is 10.1 Å². The molecule has 4 atom stereocenters. The first-order valence-electron chi connectivity index (χ1n) is 6.59. The Morgan fingerprint density at radius 2 is 1.91 bits per heavy atom. The number of nitrogens with zero attached hydrogens (tertiary/aromatic N) is 1. The molecule has 2 aliphatic heterocycles. The van der Waals surface area contributed by atoms with Crippen LogP contribution in [0.4, 0.5) is 10.5 Å². The molecular weight excluding hydrogens is 298 g/mol. The summed E-state index contributed by atoms with van der Waals surface area (Å²) in [4.78, 5) is 21.7. The molecule has 0 aromatic heterocycles. The lowest BCUT2D eigenvalue weighted by molar-refractivity contribution is -0.384. The molecule has 0 aliphatic carbocycles. The maximum atomic E-state index is 11.7. The first-order chi connectivity index (χ1) is 10.5. The molecule has 0 saturated carbocycles. The molecule has 2 aliphatic rings. The van der Waals surface area contributed by atoms with E-state index in [1.165, 1.54) is 24.3 Å². The Balaban J connectivity index is 1.55. The second kappa shape index (κ2) is 5.87. The van der Waals surface area contributed by atoms with Crippen molar-refractivity contribution in [3.8, 4) is 5.75 Å². The van der Waals surface area contributed by atoms with Crippen molar-refractivity contribution in [2.45, 2.75) is 24.4 Å². The van der Waals surface area contributed by atoms with Crippen LogP contribution in [0.15, 0.2) is 24.3 Å². The minimum absolute atomic E-state index is 0.110. The first-order valence-corrected chi connectivity index (χ1v) is 6.59. The van der Waals surface area contributed by atoms with E-state index in [1.807, 2.05) is 0 Å². The van der Waals surface area contributed by atoms with E-state index in [0.29, 0.717) is 0 Å². The van der Waals surface area contributed by atoms with Crippen LogP contribution >= 0.6 is 0 Å². The third-order valence-corrected chi connectivity index (χ3v) is 3.48. The van der Waals surface area contributed by atoms with E-state index >= 15 is 0 Å². The van der Waals surface area contributed by atoms with E-state index in [1.54, 1.807) is 0 Å². The van der Waals surface area contributed by atoms with Crippen LogP contribution in [-0.2, 0) is 14.2 Å². The number of carbonyl (C=O) groups excluding carboxylic acids is 1. The zero-order chi connectivity index (χ0) is 15.7. The highest BCUT2D eigenvalue weighted by Crippen LogP contribution is 2.29. The molecular formula is C13H13NO8. The Hall–Kier alpha value is -2.23. The Morgan fingerprint density at radius 3 is 2.59 bits per heavy atom. The van der Waals surface area contributed by atoms with Crippen molar-refractivity contribution in [2.75, 3.05) is 13.2 Å². The van der Waals surface area contributed by atoms with Crippen molar-refractivity contribution in [1.82, 2.24) is 0 Å². The maximum Gasteiger partial charge on any atom is 0.514 e. The Labute approximate surface area is 124 Å². The number of ether oxygens (including phenoxy) is 4. The highest BCUT2D eigenvalue weighted by atomic mass is 16.7. The molecule has 9 heteroatoms. The smallest absolute Gasteiger partial charge is 0.425 e. The topological polar surface area (TPSA) is 117 Å². The molecule has 118 valence electrons. The predicted molar refractivity (Wildman–Crippen MR) is 69.5 cm³/mol.